The van der Waals surface area contributed by atoms with Gasteiger partial charge >= 0.3 is 0 Å². The van der Waals surface area contributed by atoms with Gasteiger partial charge < -0.3 is 22.9 Å². The molecule has 2 aromatic rings. The average molecular weight is 329 g/mol. The van der Waals surface area contributed by atoms with Gasteiger partial charge in [0.15, 0.2) is 0 Å². The Morgan fingerprint density at radius 2 is 0.833 bits per heavy atom. The number of benzene rings is 2. The Balaban J connectivity index is 0.000000240. The first-order chi connectivity index (χ1) is 10.8. The summed E-state index contributed by atoms with van der Waals surface area (Å²) in [7, 11) is 0. The molecule has 0 atom stereocenters. The fraction of sp³-hybridized carbons (Fsp3) is 0.400. The highest BCUT2D eigenvalue weighted by molar-refractivity contribution is 5.59. The molecule has 0 heterocycles. The molecule has 8 N–H and O–H groups in total. The van der Waals surface area contributed by atoms with Crippen molar-refractivity contribution in [3.8, 4) is 0 Å². The van der Waals surface area contributed by atoms with Crippen molar-refractivity contribution in [2.45, 2.75) is 52.4 Å². The van der Waals surface area contributed by atoms with E-state index in [0.717, 1.165) is 33.9 Å². The van der Waals surface area contributed by atoms with Gasteiger partial charge in [-0.2, -0.15) is 0 Å². The lowest BCUT2D eigenvalue weighted by Gasteiger charge is -2.21. The molecule has 0 bridgehead atoms. The molecule has 0 aromatic heterocycles. The van der Waals surface area contributed by atoms with E-state index in [2.05, 4.69) is 41.5 Å². The predicted octanol–water partition coefficient (Wildman–Crippen LogP) is 4.30. The van der Waals surface area contributed by atoms with Crippen molar-refractivity contribution in [1.29, 1.82) is 0 Å². The van der Waals surface area contributed by atoms with E-state index in [1.807, 2.05) is 24.3 Å². The molecule has 24 heavy (non-hydrogen) atoms. The molecule has 4 heteroatoms. The van der Waals surface area contributed by atoms with Gasteiger partial charge in [0.05, 0.1) is 0 Å². The normalized spacial score (nSPS) is 11.6. The van der Waals surface area contributed by atoms with E-state index in [0.29, 0.717) is 0 Å². The third kappa shape index (κ3) is 5.37. The highest BCUT2D eigenvalue weighted by Gasteiger charge is 2.16. The zero-order valence-electron chi connectivity index (χ0n) is 15.8. The van der Waals surface area contributed by atoms with Crippen molar-refractivity contribution in [3.05, 3.63) is 47.5 Å². The van der Waals surface area contributed by atoms with Crippen molar-refractivity contribution in [2.75, 3.05) is 22.9 Å². The topological polar surface area (TPSA) is 104 Å². The van der Waals surface area contributed by atoms with Crippen LogP contribution in [0.2, 0.25) is 0 Å². The lowest BCUT2D eigenvalue weighted by atomic mass is 9.86. The summed E-state index contributed by atoms with van der Waals surface area (Å²) in [5.74, 6) is 0. The highest BCUT2D eigenvalue weighted by Crippen LogP contribution is 2.29. The van der Waals surface area contributed by atoms with Crippen LogP contribution in [-0.4, -0.2) is 0 Å². The maximum absolute atomic E-state index is 5.83. The number of nitrogen functional groups attached to an aromatic ring is 4. The fourth-order valence-corrected chi connectivity index (χ4v) is 2.53. The van der Waals surface area contributed by atoms with E-state index in [-0.39, 0.29) is 10.8 Å². The lowest BCUT2D eigenvalue weighted by molar-refractivity contribution is 0.592. The second-order valence-electron chi connectivity index (χ2n) is 8.19. The molecule has 4 nitrogen and oxygen atoms in total. The van der Waals surface area contributed by atoms with E-state index in [1.165, 1.54) is 0 Å². The van der Waals surface area contributed by atoms with E-state index < -0.39 is 0 Å². The highest BCUT2D eigenvalue weighted by atomic mass is 14.6. The van der Waals surface area contributed by atoms with Crippen LogP contribution in [0.15, 0.2) is 36.4 Å². The Morgan fingerprint density at radius 1 is 0.542 bits per heavy atom. The molecule has 0 aliphatic carbocycles. The van der Waals surface area contributed by atoms with Crippen LogP contribution >= 0.6 is 0 Å². The summed E-state index contributed by atoms with van der Waals surface area (Å²) in [6.07, 6.45) is 0. The zero-order valence-corrected chi connectivity index (χ0v) is 15.8. The predicted molar refractivity (Wildman–Crippen MR) is 108 cm³/mol. The van der Waals surface area contributed by atoms with Crippen molar-refractivity contribution in [1.82, 2.24) is 0 Å². The van der Waals surface area contributed by atoms with Crippen LogP contribution in [0.4, 0.5) is 22.7 Å². The molecule has 0 aliphatic rings. The summed E-state index contributed by atoms with van der Waals surface area (Å²) in [5, 5.41) is 0. The van der Waals surface area contributed by atoms with Gasteiger partial charge in [0.1, 0.15) is 0 Å². The maximum atomic E-state index is 5.83. The first-order valence-corrected chi connectivity index (χ1v) is 8.13. The van der Waals surface area contributed by atoms with Crippen molar-refractivity contribution < 1.29 is 0 Å². The van der Waals surface area contributed by atoms with Crippen LogP contribution in [0, 0.1) is 0 Å². The van der Waals surface area contributed by atoms with Crippen LogP contribution < -0.4 is 22.9 Å². The van der Waals surface area contributed by atoms with E-state index in [1.54, 1.807) is 12.1 Å². The minimum absolute atomic E-state index is 0.0950. The minimum Gasteiger partial charge on any atom is -0.399 e. The molecular formula is C20H32N4. The number of hydrogen-bond donors (Lipinski definition) is 4. The van der Waals surface area contributed by atoms with E-state index in [4.69, 9.17) is 22.9 Å². The Labute approximate surface area is 146 Å². The van der Waals surface area contributed by atoms with Gasteiger partial charge in [-0.3, -0.25) is 0 Å². The van der Waals surface area contributed by atoms with Gasteiger partial charge in [0, 0.05) is 22.7 Å². The fourth-order valence-electron chi connectivity index (χ4n) is 2.53. The molecule has 0 unspecified atom stereocenters. The van der Waals surface area contributed by atoms with Crippen LogP contribution in [-0.2, 0) is 10.8 Å². The minimum atomic E-state index is 0.0950. The number of nitrogens with two attached hydrogens (primary N) is 4. The van der Waals surface area contributed by atoms with E-state index >= 15 is 0 Å². The summed E-state index contributed by atoms with van der Waals surface area (Å²) in [6.45, 7) is 12.8. The molecular weight excluding hydrogens is 296 g/mol. The second-order valence-corrected chi connectivity index (χ2v) is 8.19. The monoisotopic (exact) mass is 328 g/mol. The Hall–Kier alpha value is -2.36. The summed E-state index contributed by atoms with van der Waals surface area (Å²) in [5.41, 5.74) is 28.3. The van der Waals surface area contributed by atoms with Gasteiger partial charge in [-0.1, -0.05) is 53.7 Å². The van der Waals surface area contributed by atoms with Gasteiger partial charge in [-0.15, -0.1) is 0 Å². The zero-order chi connectivity index (χ0) is 18.7. The van der Waals surface area contributed by atoms with Crippen LogP contribution in [0.1, 0.15) is 52.7 Å². The Bertz CT molecular complexity index is 630. The van der Waals surface area contributed by atoms with Gasteiger partial charge in [0.25, 0.3) is 0 Å². The lowest BCUT2D eigenvalue weighted by Crippen LogP contribution is -2.13. The smallest absolute Gasteiger partial charge is 0.0372 e. The molecule has 0 saturated heterocycles. The quantitative estimate of drug-likeness (QED) is 0.541. The molecule has 0 spiro atoms. The molecule has 0 aliphatic heterocycles. The molecule has 2 aromatic carbocycles. The largest absolute Gasteiger partial charge is 0.399 e. The average Bonchev–Trinajstić information content (AvgIpc) is 2.35. The molecule has 0 saturated carbocycles. The number of rotatable bonds is 0. The van der Waals surface area contributed by atoms with Crippen LogP contribution in [0.3, 0.4) is 0 Å². The second kappa shape index (κ2) is 7.04. The van der Waals surface area contributed by atoms with Crippen molar-refractivity contribution in [3.63, 3.8) is 0 Å². The van der Waals surface area contributed by atoms with Crippen LogP contribution in [0.5, 0.6) is 0 Å². The summed E-state index contributed by atoms with van der Waals surface area (Å²) in [4.78, 5) is 0. The van der Waals surface area contributed by atoms with Gasteiger partial charge in [0.2, 0.25) is 0 Å². The van der Waals surface area contributed by atoms with Crippen molar-refractivity contribution >= 4 is 22.7 Å². The molecule has 0 fully saturated rings. The van der Waals surface area contributed by atoms with Crippen LogP contribution in [0.25, 0.3) is 0 Å². The Kier molecular flexibility index (Phi) is 5.77. The van der Waals surface area contributed by atoms with Gasteiger partial charge in [-0.25, -0.2) is 0 Å². The number of hydrogen-bond acceptors (Lipinski definition) is 4. The SMILES string of the molecule is CC(C)(C)c1ccc(N)cc1N.CC(C)(C)c1ccc(N)cc1N. The number of anilines is 4. The molecule has 0 radical (unpaired) electrons. The summed E-state index contributed by atoms with van der Waals surface area (Å²) < 4.78 is 0. The molecule has 2 rings (SSSR count). The first kappa shape index (κ1) is 19.7. The van der Waals surface area contributed by atoms with E-state index in [9.17, 15) is 0 Å². The maximum Gasteiger partial charge on any atom is 0.0372 e. The molecule has 132 valence electrons. The third-order valence-electron chi connectivity index (χ3n) is 3.77. The first-order valence-electron chi connectivity index (χ1n) is 8.13. The van der Waals surface area contributed by atoms with Crippen molar-refractivity contribution in [2.24, 2.45) is 0 Å². The van der Waals surface area contributed by atoms with Gasteiger partial charge in [-0.05, 0) is 46.2 Å². The summed E-state index contributed by atoms with van der Waals surface area (Å²) >= 11 is 0. The Morgan fingerprint density at radius 3 is 1.04 bits per heavy atom. The summed E-state index contributed by atoms with van der Waals surface area (Å²) in [6, 6.07) is 11.4. The standard InChI is InChI=1S/2C10H16N2/c2*1-10(2,3)8-5-4-7(11)6-9(8)12/h2*4-6H,11-12H2,1-3H3. The molecule has 0 amide bonds. The third-order valence-corrected chi connectivity index (χ3v) is 3.77.